The molecule has 0 radical (unpaired) electrons. The fourth-order valence-electron chi connectivity index (χ4n) is 3.49. The summed E-state index contributed by atoms with van der Waals surface area (Å²) >= 11 is 3.66. The number of methoxy groups -OCH3 is 2. The van der Waals surface area contributed by atoms with Crippen LogP contribution in [0.25, 0.3) is 0 Å². The molecule has 4 nitrogen and oxygen atoms in total. The minimum Gasteiger partial charge on any atom is -0.497 e. The van der Waals surface area contributed by atoms with Crippen molar-refractivity contribution in [1.29, 1.82) is 0 Å². The average molecular weight is 407 g/mol. The van der Waals surface area contributed by atoms with Gasteiger partial charge in [0.1, 0.15) is 50.8 Å². The molecule has 3 rings (SSSR count). The number of benzene rings is 2. The van der Waals surface area contributed by atoms with Gasteiger partial charge in [-0.3, -0.25) is 0 Å². The van der Waals surface area contributed by atoms with Crippen LogP contribution in [0.2, 0.25) is 0 Å². The van der Waals surface area contributed by atoms with Gasteiger partial charge in [0.15, 0.2) is 0 Å². The molecule has 2 aromatic rings. The fourth-order valence-corrected chi connectivity index (χ4v) is 3.91. The van der Waals surface area contributed by atoms with Gasteiger partial charge in [-0.1, -0.05) is 34.1 Å². The minimum absolute atomic E-state index is 0.846. The Morgan fingerprint density at radius 2 is 1.48 bits per heavy atom. The third kappa shape index (κ3) is 4.75. The van der Waals surface area contributed by atoms with Gasteiger partial charge in [-0.2, -0.15) is 0 Å². The van der Waals surface area contributed by atoms with Gasteiger partial charge in [0.25, 0.3) is 0 Å². The predicted octanol–water partition coefficient (Wildman–Crippen LogP) is 0.950. The van der Waals surface area contributed by atoms with Crippen molar-refractivity contribution in [3.63, 3.8) is 0 Å². The molecule has 1 saturated heterocycles. The van der Waals surface area contributed by atoms with Crippen molar-refractivity contribution in [2.45, 2.75) is 13.1 Å². The van der Waals surface area contributed by atoms with E-state index in [4.69, 9.17) is 9.47 Å². The van der Waals surface area contributed by atoms with E-state index in [1.165, 1.54) is 41.8 Å². The van der Waals surface area contributed by atoms with Crippen LogP contribution in [0.4, 0.5) is 0 Å². The molecule has 0 unspecified atom stereocenters. The number of nitrogens with one attached hydrogen (secondary N) is 2. The first-order chi connectivity index (χ1) is 12.2. The molecule has 25 heavy (non-hydrogen) atoms. The van der Waals surface area contributed by atoms with Gasteiger partial charge >= 0.3 is 0 Å². The standard InChI is InChI=1S/C20H25BrN2O2/c1-24-18-8-7-17(20(13-18)25-2)15-23-11-9-22(10-12-23)14-16-5-3-4-6-19(16)21/h3-8,13H,9-12,14-15H2,1-2H3/p+2. The number of quaternary nitrogens is 2. The number of ether oxygens (including phenoxy) is 2. The van der Waals surface area contributed by atoms with E-state index in [1.807, 2.05) is 12.1 Å². The van der Waals surface area contributed by atoms with E-state index < -0.39 is 0 Å². The Hall–Kier alpha value is -1.56. The predicted molar refractivity (Wildman–Crippen MR) is 102 cm³/mol. The highest BCUT2D eigenvalue weighted by molar-refractivity contribution is 9.10. The van der Waals surface area contributed by atoms with Gasteiger partial charge in [-0.25, -0.2) is 0 Å². The van der Waals surface area contributed by atoms with Crippen LogP contribution in [-0.2, 0) is 13.1 Å². The Labute approximate surface area is 158 Å². The molecule has 0 aromatic heterocycles. The van der Waals surface area contributed by atoms with Crippen molar-refractivity contribution in [3.05, 3.63) is 58.1 Å². The summed E-state index contributed by atoms with van der Waals surface area (Å²) in [5.41, 5.74) is 2.66. The molecule has 1 fully saturated rings. The zero-order valence-electron chi connectivity index (χ0n) is 15.0. The summed E-state index contributed by atoms with van der Waals surface area (Å²) in [6, 6.07) is 14.7. The second-order valence-corrected chi connectivity index (χ2v) is 7.48. The summed E-state index contributed by atoms with van der Waals surface area (Å²) in [6.45, 7) is 6.89. The van der Waals surface area contributed by atoms with E-state index in [1.54, 1.807) is 24.0 Å². The zero-order valence-corrected chi connectivity index (χ0v) is 16.6. The molecule has 0 aliphatic carbocycles. The van der Waals surface area contributed by atoms with Crippen molar-refractivity contribution >= 4 is 15.9 Å². The number of hydrogen-bond donors (Lipinski definition) is 2. The van der Waals surface area contributed by atoms with Gasteiger partial charge in [-0.05, 0) is 18.2 Å². The lowest BCUT2D eigenvalue weighted by atomic mass is 10.1. The van der Waals surface area contributed by atoms with E-state index >= 15 is 0 Å². The third-order valence-electron chi connectivity index (χ3n) is 5.00. The van der Waals surface area contributed by atoms with Gasteiger partial charge in [-0.15, -0.1) is 0 Å². The van der Waals surface area contributed by atoms with Crippen molar-refractivity contribution < 1.29 is 19.3 Å². The second kappa shape index (κ2) is 8.70. The van der Waals surface area contributed by atoms with E-state index in [0.717, 1.165) is 24.6 Å². The maximum atomic E-state index is 5.54. The molecule has 0 amide bonds. The molecule has 2 aromatic carbocycles. The van der Waals surface area contributed by atoms with Crippen LogP contribution in [0.5, 0.6) is 11.5 Å². The molecule has 0 spiro atoms. The molecule has 0 saturated carbocycles. The summed E-state index contributed by atoms with van der Waals surface area (Å²) in [4.78, 5) is 3.29. The van der Waals surface area contributed by atoms with Gasteiger partial charge in [0.05, 0.1) is 14.2 Å². The highest BCUT2D eigenvalue weighted by Crippen LogP contribution is 2.23. The Morgan fingerprint density at radius 1 is 0.840 bits per heavy atom. The summed E-state index contributed by atoms with van der Waals surface area (Å²) in [6.07, 6.45) is 0. The first kappa shape index (κ1) is 18.2. The van der Waals surface area contributed by atoms with Crippen LogP contribution < -0.4 is 19.3 Å². The Balaban J connectivity index is 1.55. The topological polar surface area (TPSA) is 27.3 Å². The smallest absolute Gasteiger partial charge is 0.131 e. The lowest BCUT2D eigenvalue weighted by Crippen LogP contribution is -3.27. The Morgan fingerprint density at radius 3 is 2.08 bits per heavy atom. The van der Waals surface area contributed by atoms with E-state index in [2.05, 4.69) is 46.3 Å². The fraction of sp³-hybridized carbons (Fsp3) is 0.400. The normalized spacial score (nSPS) is 20.3. The molecule has 2 N–H and O–H groups in total. The maximum absolute atomic E-state index is 5.54. The van der Waals surface area contributed by atoms with Gasteiger partial charge in [0, 0.05) is 21.7 Å². The first-order valence-electron chi connectivity index (χ1n) is 8.81. The Kier molecular flexibility index (Phi) is 6.34. The summed E-state index contributed by atoms with van der Waals surface area (Å²) in [5.74, 6) is 1.77. The van der Waals surface area contributed by atoms with Crippen LogP contribution in [-0.4, -0.2) is 40.4 Å². The summed E-state index contributed by atoms with van der Waals surface area (Å²) < 4.78 is 12.0. The molecule has 5 heteroatoms. The van der Waals surface area contributed by atoms with Crippen molar-refractivity contribution in [3.8, 4) is 11.5 Å². The summed E-state index contributed by atoms with van der Waals surface area (Å²) in [5, 5.41) is 0. The quantitative estimate of drug-likeness (QED) is 0.747. The van der Waals surface area contributed by atoms with E-state index in [0.29, 0.717) is 0 Å². The maximum Gasteiger partial charge on any atom is 0.131 e. The molecule has 0 bridgehead atoms. The monoisotopic (exact) mass is 406 g/mol. The molecule has 1 aliphatic heterocycles. The van der Waals surface area contributed by atoms with Crippen molar-refractivity contribution in [1.82, 2.24) is 0 Å². The molecular weight excluding hydrogens is 380 g/mol. The zero-order chi connectivity index (χ0) is 17.6. The lowest BCUT2D eigenvalue weighted by molar-refractivity contribution is -1.02. The van der Waals surface area contributed by atoms with Crippen molar-refractivity contribution in [2.75, 3.05) is 40.4 Å². The first-order valence-corrected chi connectivity index (χ1v) is 9.60. The number of halogens is 1. The minimum atomic E-state index is 0.846. The largest absolute Gasteiger partial charge is 0.497 e. The van der Waals surface area contributed by atoms with Crippen LogP contribution in [0, 0.1) is 0 Å². The lowest BCUT2D eigenvalue weighted by Gasteiger charge is -2.30. The van der Waals surface area contributed by atoms with E-state index in [-0.39, 0.29) is 0 Å². The average Bonchev–Trinajstić information content (AvgIpc) is 2.65. The van der Waals surface area contributed by atoms with Crippen LogP contribution in [0.3, 0.4) is 0 Å². The molecule has 134 valence electrons. The number of hydrogen-bond acceptors (Lipinski definition) is 2. The highest BCUT2D eigenvalue weighted by atomic mass is 79.9. The van der Waals surface area contributed by atoms with Crippen LogP contribution in [0.1, 0.15) is 11.1 Å². The van der Waals surface area contributed by atoms with E-state index in [9.17, 15) is 0 Å². The number of piperazine rings is 1. The number of rotatable bonds is 6. The molecular formula is C20H27BrN2O2+2. The van der Waals surface area contributed by atoms with Crippen LogP contribution >= 0.6 is 15.9 Å². The molecule has 1 heterocycles. The van der Waals surface area contributed by atoms with Gasteiger partial charge < -0.3 is 19.3 Å². The highest BCUT2D eigenvalue weighted by Gasteiger charge is 2.24. The SMILES string of the molecule is COc1ccc(C[NH+]2CC[NH+](Cc3ccccc3Br)CC2)c(OC)c1. The van der Waals surface area contributed by atoms with Crippen molar-refractivity contribution in [2.24, 2.45) is 0 Å². The van der Waals surface area contributed by atoms with Gasteiger partial charge in [0.2, 0.25) is 0 Å². The Bertz CT molecular complexity index is 700. The molecule has 0 atom stereocenters. The summed E-state index contributed by atoms with van der Waals surface area (Å²) in [7, 11) is 3.42. The second-order valence-electron chi connectivity index (χ2n) is 6.62. The molecule has 1 aliphatic rings. The van der Waals surface area contributed by atoms with Crippen LogP contribution in [0.15, 0.2) is 46.9 Å². The third-order valence-corrected chi connectivity index (χ3v) is 5.77.